The van der Waals surface area contributed by atoms with Gasteiger partial charge in [-0.3, -0.25) is 4.98 Å². The van der Waals surface area contributed by atoms with Crippen molar-refractivity contribution in [1.82, 2.24) is 4.98 Å². The van der Waals surface area contributed by atoms with Gasteiger partial charge < -0.3 is 10.4 Å². The van der Waals surface area contributed by atoms with E-state index in [4.69, 9.17) is 5.11 Å². The maximum atomic E-state index is 9.02. The van der Waals surface area contributed by atoms with Crippen LogP contribution in [0.5, 0.6) is 0 Å². The summed E-state index contributed by atoms with van der Waals surface area (Å²) in [5.41, 5.74) is 0.958. The Hall–Kier alpha value is -1.09. The highest BCUT2D eigenvalue weighted by atomic mass is 16.3. The van der Waals surface area contributed by atoms with Gasteiger partial charge in [0.2, 0.25) is 0 Å². The van der Waals surface area contributed by atoms with Gasteiger partial charge >= 0.3 is 0 Å². The van der Waals surface area contributed by atoms with Crippen LogP contribution < -0.4 is 5.32 Å². The zero-order chi connectivity index (χ0) is 9.73. The molecule has 72 valence electrons. The van der Waals surface area contributed by atoms with E-state index in [1.165, 1.54) is 0 Å². The van der Waals surface area contributed by atoms with Gasteiger partial charge in [0.25, 0.3) is 0 Å². The molecule has 0 radical (unpaired) electrons. The Kier molecular flexibility index (Phi) is 3.25. The van der Waals surface area contributed by atoms with E-state index in [1.54, 1.807) is 12.4 Å². The molecule has 0 unspecified atom stereocenters. The minimum Gasteiger partial charge on any atom is -0.396 e. The molecule has 0 aliphatic rings. The summed E-state index contributed by atoms with van der Waals surface area (Å²) in [6, 6.07) is 3.82. The third kappa shape index (κ3) is 3.42. The van der Waals surface area contributed by atoms with Crippen LogP contribution in [0.15, 0.2) is 24.5 Å². The number of pyridine rings is 1. The Morgan fingerprint density at radius 1 is 1.38 bits per heavy atom. The summed E-state index contributed by atoms with van der Waals surface area (Å²) in [4.78, 5) is 3.92. The van der Waals surface area contributed by atoms with Gasteiger partial charge in [-0.05, 0) is 12.1 Å². The average molecular weight is 180 g/mol. The number of aliphatic hydroxyl groups excluding tert-OH is 1. The lowest BCUT2D eigenvalue weighted by Gasteiger charge is -2.22. The second-order valence-corrected chi connectivity index (χ2v) is 3.91. The van der Waals surface area contributed by atoms with E-state index in [0.717, 1.165) is 12.2 Å². The number of hydrogen-bond donors (Lipinski definition) is 2. The SMILES string of the molecule is CC(C)(CO)CNc1ccncc1. The second kappa shape index (κ2) is 4.23. The van der Waals surface area contributed by atoms with Gasteiger partial charge in [0, 0.05) is 36.6 Å². The first-order valence-corrected chi connectivity index (χ1v) is 4.39. The Labute approximate surface area is 78.8 Å². The molecular weight excluding hydrogens is 164 g/mol. The van der Waals surface area contributed by atoms with Crippen LogP contribution in [-0.2, 0) is 0 Å². The average Bonchev–Trinajstić information content (AvgIpc) is 2.17. The zero-order valence-corrected chi connectivity index (χ0v) is 8.12. The van der Waals surface area contributed by atoms with Crippen LogP contribution >= 0.6 is 0 Å². The third-order valence-corrected chi connectivity index (χ3v) is 1.88. The molecule has 0 bridgehead atoms. The molecule has 0 aliphatic heterocycles. The summed E-state index contributed by atoms with van der Waals surface area (Å²) in [6.07, 6.45) is 3.49. The van der Waals surface area contributed by atoms with E-state index < -0.39 is 0 Å². The number of nitrogens with one attached hydrogen (secondary N) is 1. The number of anilines is 1. The number of hydrogen-bond acceptors (Lipinski definition) is 3. The van der Waals surface area contributed by atoms with Crippen molar-refractivity contribution in [1.29, 1.82) is 0 Å². The maximum Gasteiger partial charge on any atom is 0.0498 e. The Bertz CT molecular complexity index is 246. The van der Waals surface area contributed by atoms with Gasteiger partial charge in [0.05, 0.1) is 0 Å². The predicted molar refractivity (Wildman–Crippen MR) is 53.6 cm³/mol. The van der Waals surface area contributed by atoms with Gasteiger partial charge in [-0.15, -0.1) is 0 Å². The highest BCUT2D eigenvalue weighted by Crippen LogP contribution is 2.14. The van der Waals surface area contributed by atoms with Crippen molar-refractivity contribution in [2.24, 2.45) is 5.41 Å². The number of aromatic nitrogens is 1. The molecule has 13 heavy (non-hydrogen) atoms. The molecule has 0 aromatic carbocycles. The highest BCUT2D eigenvalue weighted by Gasteiger charge is 2.15. The lowest BCUT2D eigenvalue weighted by Crippen LogP contribution is -2.26. The fraction of sp³-hybridized carbons (Fsp3) is 0.500. The largest absolute Gasteiger partial charge is 0.396 e. The molecule has 1 aromatic rings. The van der Waals surface area contributed by atoms with E-state index in [2.05, 4.69) is 10.3 Å². The standard InChI is InChI=1S/C10H16N2O/c1-10(2,8-13)7-12-9-3-5-11-6-4-9/h3-6,13H,7-8H2,1-2H3,(H,11,12). The van der Waals surface area contributed by atoms with E-state index in [0.29, 0.717) is 0 Å². The first kappa shape index (κ1) is 9.99. The topological polar surface area (TPSA) is 45.1 Å². The van der Waals surface area contributed by atoms with Crippen LogP contribution in [-0.4, -0.2) is 23.2 Å². The molecule has 0 saturated heterocycles. The molecule has 0 saturated carbocycles. The lowest BCUT2D eigenvalue weighted by atomic mass is 9.95. The fourth-order valence-corrected chi connectivity index (χ4v) is 0.867. The second-order valence-electron chi connectivity index (χ2n) is 3.91. The molecule has 3 heteroatoms. The summed E-state index contributed by atoms with van der Waals surface area (Å²) in [7, 11) is 0. The maximum absolute atomic E-state index is 9.02. The molecular formula is C10H16N2O. The van der Waals surface area contributed by atoms with Gasteiger partial charge in [-0.1, -0.05) is 13.8 Å². The number of rotatable bonds is 4. The normalized spacial score (nSPS) is 11.3. The first-order valence-electron chi connectivity index (χ1n) is 4.39. The first-order chi connectivity index (χ1) is 6.14. The van der Waals surface area contributed by atoms with Crippen LogP contribution in [0.1, 0.15) is 13.8 Å². The van der Waals surface area contributed by atoms with Crippen LogP contribution in [0.4, 0.5) is 5.69 Å². The fourth-order valence-electron chi connectivity index (χ4n) is 0.867. The van der Waals surface area contributed by atoms with Gasteiger partial charge in [0.1, 0.15) is 0 Å². The van der Waals surface area contributed by atoms with Crippen LogP contribution in [0.2, 0.25) is 0 Å². The number of nitrogens with zero attached hydrogens (tertiary/aromatic N) is 1. The molecule has 0 aliphatic carbocycles. The van der Waals surface area contributed by atoms with Crippen molar-refractivity contribution in [3.63, 3.8) is 0 Å². The monoisotopic (exact) mass is 180 g/mol. The molecule has 3 nitrogen and oxygen atoms in total. The van der Waals surface area contributed by atoms with Crippen LogP contribution in [0.25, 0.3) is 0 Å². The smallest absolute Gasteiger partial charge is 0.0498 e. The van der Waals surface area contributed by atoms with E-state index in [9.17, 15) is 0 Å². The van der Waals surface area contributed by atoms with E-state index in [1.807, 2.05) is 26.0 Å². The van der Waals surface area contributed by atoms with Crippen molar-refractivity contribution in [3.8, 4) is 0 Å². The van der Waals surface area contributed by atoms with E-state index >= 15 is 0 Å². The van der Waals surface area contributed by atoms with Crippen molar-refractivity contribution in [3.05, 3.63) is 24.5 Å². The van der Waals surface area contributed by atoms with Gasteiger partial charge in [-0.25, -0.2) is 0 Å². The number of aliphatic hydroxyl groups is 1. The van der Waals surface area contributed by atoms with Crippen LogP contribution in [0, 0.1) is 5.41 Å². The third-order valence-electron chi connectivity index (χ3n) is 1.88. The Morgan fingerprint density at radius 3 is 2.54 bits per heavy atom. The molecule has 1 aromatic heterocycles. The molecule has 0 amide bonds. The molecule has 0 atom stereocenters. The molecule has 1 heterocycles. The summed E-state index contributed by atoms with van der Waals surface area (Å²) >= 11 is 0. The Balaban J connectivity index is 2.44. The summed E-state index contributed by atoms with van der Waals surface area (Å²) in [5, 5.41) is 12.3. The van der Waals surface area contributed by atoms with Crippen molar-refractivity contribution in [2.45, 2.75) is 13.8 Å². The Morgan fingerprint density at radius 2 is 2.00 bits per heavy atom. The molecule has 2 N–H and O–H groups in total. The zero-order valence-electron chi connectivity index (χ0n) is 8.12. The molecule has 0 fully saturated rings. The predicted octanol–water partition coefficient (Wildman–Crippen LogP) is 1.51. The quantitative estimate of drug-likeness (QED) is 0.738. The summed E-state index contributed by atoms with van der Waals surface area (Å²) < 4.78 is 0. The van der Waals surface area contributed by atoms with Gasteiger partial charge in [0.15, 0.2) is 0 Å². The van der Waals surface area contributed by atoms with Crippen molar-refractivity contribution in [2.75, 3.05) is 18.5 Å². The molecule has 1 rings (SSSR count). The van der Waals surface area contributed by atoms with Crippen LogP contribution in [0.3, 0.4) is 0 Å². The summed E-state index contributed by atoms with van der Waals surface area (Å²) in [5.74, 6) is 0. The minimum absolute atomic E-state index is 0.0801. The molecule has 0 spiro atoms. The van der Waals surface area contributed by atoms with Crippen molar-refractivity contribution < 1.29 is 5.11 Å². The minimum atomic E-state index is -0.0801. The van der Waals surface area contributed by atoms with Gasteiger partial charge in [-0.2, -0.15) is 0 Å². The lowest BCUT2D eigenvalue weighted by molar-refractivity contribution is 0.171. The van der Waals surface area contributed by atoms with Crippen molar-refractivity contribution >= 4 is 5.69 Å². The van der Waals surface area contributed by atoms with E-state index in [-0.39, 0.29) is 12.0 Å². The summed E-state index contributed by atoms with van der Waals surface area (Å²) in [6.45, 7) is 4.97. The highest BCUT2D eigenvalue weighted by molar-refractivity contribution is 5.40.